The zero-order chi connectivity index (χ0) is 13.7. The van der Waals surface area contributed by atoms with Crippen LogP contribution in [0.15, 0.2) is 30.3 Å². The molecule has 0 aromatic heterocycles. The lowest BCUT2D eigenvalue weighted by atomic mass is 10.2. The first-order valence-electron chi connectivity index (χ1n) is 6.43. The highest BCUT2D eigenvalue weighted by Gasteiger charge is 2.44. The van der Waals surface area contributed by atoms with Crippen LogP contribution in [-0.4, -0.2) is 43.0 Å². The van der Waals surface area contributed by atoms with Crippen LogP contribution in [0.2, 0.25) is 0 Å². The van der Waals surface area contributed by atoms with Gasteiger partial charge in [-0.3, -0.25) is 0 Å². The van der Waals surface area contributed by atoms with Crippen LogP contribution in [0.4, 0.5) is 4.39 Å². The molecule has 4 nitrogen and oxygen atoms in total. The van der Waals surface area contributed by atoms with Gasteiger partial charge in [-0.2, -0.15) is 0 Å². The SMILES string of the molecule is CCO[C@H]1O[C@H](COCc2ccccc2)[C@H](F)[C@H]1O. The minimum Gasteiger partial charge on any atom is -0.385 e. The van der Waals surface area contributed by atoms with Crippen molar-refractivity contribution in [2.75, 3.05) is 13.2 Å². The van der Waals surface area contributed by atoms with Crippen molar-refractivity contribution in [3.05, 3.63) is 35.9 Å². The van der Waals surface area contributed by atoms with Gasteiger partial charge in [0.2, 0.25) is 0 Å². The molecule has 0 radical (unpaired) electrons. The summed E-state index contributed by atoms with van der Waals surface area (Å²) in [6.07, 6.45) is -4.40. The summed E-state index contributed by atoms with van der Waals surface area (Å²) in [4.78, 5) is 0. The second-order valence-corrected chi connectivity index (χ2v) is 4.43. The molecule has 2 rings (SSSR count). The van der Waals surface area contributed by atoms with Gasteiger partial charge in [-0.15, -0.1) is 0 Å². The van der Waals surface area contributed by atoms with Gasteiger partial charge in [0.05, 0.1) is 13.2 Å². The molecule has 0 aliphatic carbocycles. The van der Waals surface area contributed by atoms with Gasteiger partial charge in [0.15, 0.2) is 12.5 Å². The van der Waals surface area contributed by atoms with E-state index in [0.717, 1.165) is 5.56 Å². The van der Waals surface area contributed by atoms with Gasteiger partial charge in [0.1, 0.15) is 12.2 Å². The lowest BCUT2D eigenvalue weighted by Crippen LogP contribution is -2.31. The molecule has 1 fully saturated rings. The molecule has 1 heterocycles. The van der Waals surface area contributed by atoms with E-state index < -0.39 is 24.7 Å². The third-order valence-electron chi connectivity index (χ3n) is 2.99. The third-order valence-corrected chi connectivity index (χ3v) is 2.99. The lowest BCUT2D eigenvalue weighted by molar-refractivity contribution is -0.169. The molecule has 19 heavy (non-hydrogen) atoms. The number of ether oxygens (including phenoxy) is 3. The fourth-order valence-corrected chi connectivity index (χ4v) is 2.00. The van der Waals surface area contributed by atoms with Crippen molar-refractivity contribution in [1.29, 1.82) is 0 Å². The van der Waals surface area contributed by atoms with Crippen LogP contribution < -0.4 is 0 Å². The minimum absolute atomic E-state index is 0.0939. The zero-order valence-electron chi connectivity index (χ0n) is 10.9. The zero-order valence-corrected chi connectivity index (χ0v) is 10.9. The van der Waals surface area contributed by atoms with E-state index in [4.69, 9.17) is 14.2 Å². The summed E-state index contributed by atoms with van der Waals surface area (Å²) >= 11 is 0. The molecule has 0 amide bonds. The Morgan fingerprint density at radius 2 is 2.05 bits per heavy atom. The molecule has 0 saturated carbocycles. The number of rotatable bonds is 6. The normalized spacial score (nSPS) is 30.7. The largest absolute Gasteiger partial charge is 0.385 e. The molecule has 1 aromatic carbocycles. The Hall–Kier alpha value is -1.01. The Morgan fingerprint density at radius 3 is 2.74 bits per heavy atom. The van der Waals surface area contributed by atoms with Gasteiger partial charge in [0, 0.05) is 6.61 Å². The molecule has 106 valence electrons. The van der Waals surface area contributed by atoms with Crippen LogP contribution >= 0.6 is 0 Å². The Balaban J connectivity index is 1.77. The highest BCUT2D eigenvalue weighted by Crippen LogP contribution is 2.25. The number of hydrogen-bond acceptors (Lipinski definition) is 4. The highest BCUT2D eigenvalue weighted by atomic mass is 19.1. The van der Waals surface area contributed by atoms with Crippen LogP contribution in [0.1, 0.15) is 12.5 Å². The molecule has 1 aliphatic rings. The van der Waals surface area contributed by atoms with Gasteiger partial charge in [-0.05, 0) is 12.5 Å². The van der Waals surface area contributed by atoms with Crippen LogP contribution in [0.25, 0.3) is 0 Å². The molecule has 1 aromatic rings. The third kappa shape index (κ3) is 3.73. The fourth-order valence-electron chi connectivity index (χ4n) is 2.00. The van der Waals surface area contributed by atoms with E-state index in [-0.39, 0.29) is 6.61 Å². The highest BCUT2D eigenvalue weighted by molar-refractivity contribution is 5.13. The summed E-state index contributed by atoms with van der Waals surface area (Å²) in [7, 11) is 0. The average molecular weight is 270 g/mol. The second kappa shape index (κ2) is 6.96. The van der Waals surface area contributed by atoms with Crippen molar-refractivity contribution in [3.63, 3.8) is 0 Å². The number of aliphatic hydroxyl groups excluding tert-OH is 1. The molecule has 0 bridgehead atoms. The molecule has 1 saturated heterocycles. The van der Waals surface area contributed by atoms with Crippen molar-refractivity contribution in [2.45, 2.75) is 38.2 Å². The molecular weight excluding hydrogens is 251 g/mol. The van der Waals surface area contributed by atoms with Gasteiger partial charge in [-0.1, -0.05) is 30.3 Å². The minimum atomic E-state index is -1.48. The van der Waals surface area contributed by atoms with Crippen molar-refractivity contribution >= 4 is 0 Å². The van der Waals surface area contributed by atoms with E-state index in [9.17, 15) is 9.50 Å². The summed E-state index contributed by atoms with van der Waals surface area (Å²) in [5.41, 5.74) is 1.01. The first kappa shape index (κ1) is 14.4. The monoisotopic (exact) mass is 270 g/mol. The number of halogens is 1. The maximum Gasteiger partial charge on any atom is 0.186 e. The standard InChI is InChI=1S/C14H19FO4/c1-2-18-14-13(16)12(15)11(19-14)9-17-8-10-6-4-3-5-7-10/h3-7,11-14,16H,2,8-9H2,1H3/t11-,12+,13-,14+/m1/s1. The molecular formula is C14H19FO4. The summed E-state index contributed by atoms with van der Waals surface area (Å²) in [5.74, 6) is 0. The molecule has 0 unspecified atom stereocenters. The van der Waals surface area contributed by atoms with E-state index in [1.165, 1.54) is 0 Å². The maximum absolute atomic E-state index is 13.7. The fraction of sp³-hybridized carbons (Fsp3) is 0.571. The Morgan fingerprint density at radius 1 is 1.32 bits per heavy atom. The Kier molecular flexibility index (Phi) is 5.27. The van der Waals surface area contributed by atoms with E-state index in [0.29, 0.717) is 13.2 Å². The molecule has 4 atom stereocenters. The molecule has 0 spiro atoms. The van der Waals surface area contributed by atoms with Crippen LogP contribution in [0.5, 0.6) is 0 Å². The molecule has 1 N–H and O–H groups in total. The Bertz CT molecular complexity index is 373. The van der Waals surface area contributed by atoms with Gasteiger partial charge < -0.3 is 19.3 Å². The van der Waals surface area contributed by atoms with Crippen LogP contribution in [0, 0.1) is 0 Å². The van der Waals surface area contributed by atoms with E-state index in [2.05, 4.69) is 0 Å². The quantitative estimate of drug-likeness (QED) is 0.854. The average Bonchev–Trinajstić information content (AvgIpc) is 2.69. The maximum atomic E-state index is 13.7. The number of hydrogen-bond donors (Lipinski definition) is 1. The van der Waals surface area contributed by atoms with Crippen LogP contribution in [-0.2, 0) is 20.8 Å². The Labute approximate surface area is 112 Å². The van der Waals surface area contributed by atoms with E-state index in [1.807, 2.05) is 30.3 Å². The van der Waals surface area contributed by atoms with Crippen molar-refractivity contribution in [1.82, 2.24) is 0 Å². The first-order chi connectivity index (χ1) is 9.22. The predicted octanol–water partition coefficient (Wildman–Crippen LogP) is 1.66. The van der Waals surface area contributed by atoms with Crippen molar-refractivity contribution < 1.29 is 23.7 Å². The van der Waals surface area contributed by atoms with E-state index in [1.54, 1.807) is 6.92 Å². The van der Waals surface area contributed by atoms with Gasteiger partial charge >= 0.3 is 0 Å². The number of benzene rings is 1. The first-order valence-corrected chi connectivity index (χ1v) is 6.43. The summed E-state index contributed by atoms with van der Waals surface area (Å²) < 4.78 is 29.6. The summed E-state index contributed by atoms with van der Waals surface area (Å²) in [6.45, 7) is 2.62. The smallest absolute Gasteiger partial charge is 0.186 e. The number of aliphatic hydroxyl groups is 1. The second-order valence-electron chi connectivity index (χ2n) is 4.43. The number of alkyl halides is 1. The topological polar surface area (TPSA) is 47.9 Å². The van der Waals surface area contributed by atoms with Gasteiger partial charge in [-0.25, -0.2) is 4.39 Å². The van der Waals surface area contributed by atoms with Crippen molar-refractivity contribution in [2.24, 2.45) is 0 Å². The van der Waals surface area contributed by atoms with Crippen molar-refractivity contribution in [3.8, 4) is 0 Å². The van der Waals surface area contributed by atoms with Crippen LogP contribution in [0.3, 0.4) is 0 Å². The lowest BCUT2D eigenvalue weighted by Gasteiger charge is -2.14. The molecule has 5 heteroatoms. The summed E-state index contributed by atoms with van der Waals surface area (Å²) in [5, 5.41) is 9.59. The molecule has 1 aliphatic heterocycles. The summed E-state index contributed by atoms with van der Waals surface area (Å²) in [6, 6.07) is 9.61. The van der Waals surface area contributed by atoms with Gasteiger partial charge in [0.25, 0.3) is 0 Å². The predicted molar refractivity (Wildman–Crippen MR) is 67.3 cm³/mol. The van der Waals surface area contributed by atoms with E-state index >= 15 is 0 Å².